The summed E-state index contributed by atoms with van der Waals surface area (Å²) in [5.41, 5.74) is 3.55. The second-order valence-electron chi connectivity index (χ2n) is 8.59. The van der Waals surface area contributed by atoms with Crippen molar-refractivity contribution in [1.82, 2.24) is 19.7 Å². The Morgan fingerprint density at radius 2 is 1.76 bits per heavy atom. The van der Waals surface area contributed by atoms with Gasteiger partial charge in [0.1, 0.15) is 5.60 Å². The number of rotatable bonds is 5. The number of nitrogens with zero attached hydrogens (tertiary/aromatic N) is 4. The molecule has 0 spiro atoms. The molecule has 0 atom stereocenters. The number of aromatic nitrogens is 4. The number of pyridine rings is 1. The van der Waals surface area contributed by atoms with Gasteiger partial charge in [0.25, 0.3) is 0 Å². The first-order valence-electron chi connectivity index (χ1n) is 10.7. The summed E-state index contributed by atoms with van der Waals surface area (Å²) in [7, 11) is 3.10. The van der Waals surface area contributed by atoms with Gasteiger partial charge in [-0.2, -0.15) is 0 Å². The molecule has 0 radical (unpaired) electrons. The van der Waals surface area contributed by atoms with E-state index in [0.717, 1.165) is 16.5 Å². The smallest absolute Gasteiger partial charge is 0.419 e. The number of ether oxygens (including phenoxy) is 3. The largest absolute Gasteiger partial charge is 0.504 e. The molecule has 0 aliphatic carbocycles. The van der Waals surface area contributed by atoms with Gasteiger partial charge < -0.3 is 14.2 Å². The fourth-order valence-corrected chi connectivity index (χ4v) is 3.55. The van der Waals surface area contributed by atoms with E-state index in [1.165, 1.54) is 7.11 Å². The SMILES string of the molecule is COC=Cc1ccc2cc(-c3cc(-c4ccncc4)nnc3OC)n(C(=O)OC(C)(C)C)c2c1. The quantitative estimate of drug-likeness (QED) is 0.361. The summed E-state index contributed by atoms with van der Waals surface area (Å²) in [6, 6.07) is 13.3. The Kier molecular flexibility index (Phi) is 6.32. The first-order chi connectivity index (χ1) is 16.3. The lowest BCUT2D eigenvalue weighted by molar-refractivity contribution is 0.0547. The minimum absolute atomic E-state index is 0.296. The predicted molar refractivity (Wildman–Crippen MR) is 130 cm³/mol. The van der Waals surface area contributed by atoms with Gasteiger partial charge in [-0.15, -0.1) is 10.2 Å². The van der Waals surface area contributed by atoms with Gasteiger partial charge in [0.2, 0.25) is 5.88 Å². The molecule has 0 aliphatic rings. The molecule has 0 fully saturated rings. The van der Waals surface area contributed by atoms with E-state index in [1.54, 1.807) is 30.3 Å². The first-order valence-corrected chi connectivity index (χ1v) is 10.7. The van der Waals surface area contributed by atoms with Gasteiger partial charge in [0, 0.05) is 23.3 Å². The van der Waals surface area contributed by atoms with E-state index in [1.807, 2.05) is 69.3 Å². The number of fused-ring (bicyclic) bond motifs is 1. The molecule has 0 unspecified atom stereocenters. The summed E-state index contributed by atoms with van der Waals surface area (Å²) in [6.45, 7) is 5.50. The zero-order chi connectivity index (χ0) is 24.3. The maximum Gasteiger partial charge on any atom is 0.419 e. The standard InChI is InChI=1S/C26H26N4O4/c1-26(2,3)34-25(31)30-22-14-17(10-13-32-4)6-7-19(22)15-23(30)20-16-21(28-29-24(20)33-5)18-8-11-27-12-9-18/h6-16H,1-5H3. The van der Waals surface area contributed by atoms with Crippen molar-refractivity contribution in [1.29, 1.82) is 0 Å². The van der Waals surface area contributed by atoms with E-state index in [4.69, 9.17) is 14.2 Å². The van der Waals surface area contributed by atoms with E-state index in [9.17, 15) is 4.79 Å². The van der Waals surface area contributed by atoms with Crippen LogP contribution in [0.1, 0.15) is 26.3 Å². The van der Waals surface area contributed by atoms with E-state index >= 15 is 0 Å². The van der Waals surface area contributed by atoms with E-state index in [-0.39, 0.29) is 0 Å². The van der Waals surface area contributed by atoms with E-state index < -0.39 is 11.7 Å². The third-order valence-corrected chi connectivity index (χ3v) is 5.01. The molecule has 1 aromatic carbocycles. The topological polar surface area (TPSA) is 88.4 Å². The monoisotopic (exact) mass is 458 g/mol. The number of hydrogen-bond donors (Lipinski definition) is 0. The Hall–Kier alpha value is -4.20. The Morgan fingerprint density at radius 1 is 1.00 bits per heavy atom. The lowest BCUT2D eigenvalue weighted by Gasteiger charge is -2.21. The number of hydrogen-bond acceptors (Lipinski definition) is 7. The molecule has 34 heavy (non-hydrogen) atoms. The zero-order valence-electron chi connectivity index (χ0n) is 19.8. The Morgan fingerprint density at radius 3 is 2.44 bits per heavy atom. The summed E-state index contributed by atoms with van der Waals surface area (Å²) in [4.78, 5) is 17.5. The molecule has 8 heteroatoms. The molecule has 3 heterocycles. The van der Waals surface area contributed by atoms with Crippen molar-refractivity contribution in [3.05, 3.63) is 66.7 Å². The third-order valence-electron chi connectivity index (χ3n) is 5.01. The lowest BCUT2D eigenvalue weighted by Crippen LogP contribution is -2.27. The fraction of sp³-hybridized carbons (Fsp3) is 0.231. The van der Waals surface area contributed by atoms with Crippen LogP contribution in [0.3, 0.4) is 0 Å². The van der Waals surface area contributed by atoms with Crippen LogP contribution in [0.5, 0.6) is 5.88 Å². The zero-order valence-corrected chi connectivity index (χ0v) is 19.8. The van der Waals surface area contributed by atoms with Crippen molar-refractivity contribution < 1.29 is 19.0 Å². The predicted octanol–water partition coefficient (Wildman–Crippen LogP) is 5.57. The van der Waals surface area contributed by atoms with Crippen LogP contribution in [0.15, 0.2) is 61.1 Å². The van der Waals surface area contributed by atoms with Gasteiger partial charge in [-0.25, -0.2) is 9.36 Å². The lowest BCUT2D eigenvalue weighted by atomic mass is 10.1. The van der Waals surface area contributed by atoms with Crippen molar-refractivity contribution in [2.45, 2.75) is 26.4 Å². The van der Waals surface area contributed by atoms with Gasteiger partial charge in [0.15, 0.2) is 0 Å². The highest BCUT2D eigenvalue weighted by Crippen LogP contribution is 2.36. The van der Waals surface area contributed by atoms with Gasteiger partial charge in [-0.3, -0.25) is 4.98 Å². The van der Waals surface area contributed by atoms with Gasteiger partial charge >= 0.3 is 6.09 Å². The number of methoxy groups -OCH3 is 2. The maximum atomic E-state index is 13.4. The van der Waals surface area contributed by atoms with E-state index in [2.05, 4.69) is 15.2 Å². The van der Waals surface area contributed by atoms with Crippen LogP contribution in [0, 0.1) is 0 Å². The summed E-state index contributed by atoms with van der Waals surface area (Å²) in [5.74, 6) is 0.296. The molecule has 0 saturated heterocycles. The second kappa shape index (κ2) is 9.35. The summed E-state index contributed by atoms with van der Waals surface area (Å²) in [6.07, 6.45) is 6.28. The highest BCUT2D eigenvalue weighted by molar-refractivity contribution is 5.98. The molecule has 174 valence electrons. The maximum absolute atomic E-state index is 13.4. The molecule has 3 aromatic heterocycles. The molecule has 0 N–H and O–H groups in total. The van der Waals surface area contributed by atoms with Crippen LogP contribution in [-0.2, 0) is 9.47 Å². The van der Waals surface area contributed by atoms with Gasteiger partial charge in [0.05, 0.1) is 42.9 Å². The van der Waals surface area contributed by atoms with Crippen molar-refractivity contribution in [3.63, 3.8) is 0 Å². The third kappa shape index (κ3) is 4.76. The molecule has 8 nitrogen and oxygen atoms in total. The Balaban J connectivity index is 1.97. The molecule has 0 bridgehead atoms. The summed E-state index contributed by atoms with van der Waals surface area (Å²) in [5, 5.41) is 9.42. The second-order valence-corrected chi connectivity index (χ2v) is 8.59. The van der Waals surface area contributed by atoms with Crippen LogP contribution < -0.4 is 4.74 Å². The molecule has 0 aliphatic heterocycles. The van der Waals surface area contributed by atoms with Crippen molar-refractivity contribution in [2.75, 3.05) is 14.2 Å². The van der Waals surface area contributed by atoms with Gasteiger partial charge in [-0.1, -0.05) is 12.1 Å². The highest BCUT2D eigenvalue weighted by Gasteiger charge is 2.25. The fourth-order valence-electron chi connectivity index (χ4n) is 3.55. The molecule has 0 saturated carbocycles. The van der Waals surface area contributed by atoms with Crippen molar-refractivity contribution in [2.24, 2.45) is 0 Å². The first kappa shape index (κ1) is 23.0. The molecular weight excluding hydrogens is 432 g/mol. The van der Waals surface area contributed by atoms with E-state index in [0.29, 0.717) is 28.3 Å². The van der Waals surface area contributed by atoms with Crippen LogP contribution in [0.2, 0.25) is 0 Å². The van der Waals surface area contributed by atoms with Crippen molar-refractivity contribution in [3.8, 4) is 28.4 Å². The average Bonchev–Trinajstić information content (AvgIpc) is 3.20. The molecule has 4 aromatic rings. The average molecular weight is 459 g/mol. The van der Waals surface area contributed by atoms with Gasteiger partial charge in [-0.05, 0) is 62.7 Å². The summed E-state index contributed by atoms with van der Waals surface area (Å²) < 4.78 is 17.9. The number of carbonyl (C=O) groups excluding carboxylic acids is 1. The highest BCUT2D eigenvalue weighted by atomic mass is 16.6. The minimum Gasteiger partial charge on any atom is -0.504 e. The van der Waals surface area contributed by atoms with Crippen LogP contribution in [0.4, 0.5) is 4.79 Å². The Bertz CT molecular complexity index is 1350. The molecule has 0 amide bonds. The van der Waals surface area contributed by atoms with Crippen molar-refractivity contribution >= 4 is 23.1 Å². The summed E-state index contributed by atoms with van der Waals surface area (Å²) >= 11 is 0. The Labute approximate surface area is 197 Å². The number of benzene rings is 1. The molecule has 4 rings (SSSR count). The van der Waals surface area contributed by atoms with Crippen LogP contribution in [0.25, 0.3) is 39.5 Å². The normalized spacial score (nSPS) is 11.7. The van der Waals surface area contributed by atoms with Crippen LogP contribution >= 0.6 is 0 Å². The molecular formula is C26H26N4O4. The minimum atomic E-state index is -0.679. The number of carbonyl (C=O) groups is 1. The van der Waals surface area contributed by atoms with Crippen LogP contribution in [-0.4, -0.2) is 45.7 Å².